The monoisotopic (exact) mass is 299 g/mol. The molecule has 96 valence electrons. The van der Waals surface area contributed by atoms with Crippen molar-refractivity contribution in [1.82, 2.24) is 5.32 Å². The lowest BCUT2D eigenvalue weighted by Crippen LogP contribution is -2.37. The molecular weight excluding hydrogens is 278 g/mol. The van der Waals surface area contributed by atoms with Gasteiger partial charge >= 0.3 is 0 Å². The van der Waals surface area contributed by atoms with E-state index in [9.17, 15) is 0 Å². The summed E-state index contributed by atoms with van der Waals surface area (Å²) in [5, 5.41) is 3.44. The van der Waals surface area contributed by atoms with Crippen LogP contribution in [0, 0.1) is 5.41 Å². The SMILES string of the molecule is CC(C)NCC(C)(C)COc1ccc(Br)cc1. The van der Waals surface area contributed by atoms with E-state index in [2.05, 4.69) is 48.9 Å². The molecule has 0 saturated heterocycles. The smallest absolute Gasteiger partial charge is 0.119 e. The number of ether oxygens (including phenoxy) is 1. The van der Waals surface area contributed by atoms with Crippen molar-refractivity contribution in [1.29, 1.82) is 0 Å². The van der Waals surface area contributed by atoms with Gasteiger partial charge in [-0.3, -0.25) is 0 Å². The van der Waals surface area contributed by atoms with Gasteiger partial charge in [-0.1, -0.05) is 43.6 Å². The minimum atomic E-state index is 0.136. The Morgan fingerprint density at radius 1 is 1.24 bits per heavy atom. The molecule has 0 aromatic heterocycles. The van der Waals surface area contributed by atoms with Gasteiger partial charge in [-0.2, -0.15) is 0 Å². The molecule has 0 radical (unpaired) electrons. The first kappa shape index (κ1) is 14.5. The van der Waals surface area contributed by atoms with Gasteiger partial charge in [0.2, 0.25) is 0 Å². The van der Waals surface area contributed by atoms with Gasteiger partial charge in [-0.05, 0) is 24.3 Å². The maximum Gasteiger partial charge on any atom is 0.119 e. The Morgan fingerprint density at radius 2 is 1.82 bits per heavy atom. The Kier molecular flexibility index (Phi) is 5.47. The van der Waals surface area contributed by atoms with Gasteiger partial charge in [0.15, 0.2) is 0 Å². The van der Waals surface area contributed by atoms with Crippen LogP contribution in [0.1, 0.15) is 27.7 Å². The Morgan fingerprint density at radius 3 is 2.35 bits per heavy atom. The predicted octanol–water partition coefficient (Wildman–Crippen LogP) is 3.85. The third-order valence-corrected chi connectivity index (χ3v) is 2.96. The molecular formula is C14H22BrNO. The lowest BCUT2D eigenvalue weighted by atomic mass is 9.94. The van der Waals surface area contributed by atoms with Crippen molar-refractivity contribution in [2.75, 3.05) is 13.2 Å². The van der Waals surface area contributed by atoms with E-state index in [1.54, 1.807) is 0 Å². The largest absolute Gasteiger partial charge is 0.493 e. The number of hydrogen-bond donors (Lipinski definition) is 1. The van der Waals surface area contributed by atoms with Gasteiger partial charge in [0, 0.05) is 22.5 Å². The molecule has 0 spiro atoms. The minimum Gasteiger partial charge on any atom is -0.493 e. The van der Waals surface area contributed by atoms with Crippen LogP contribution in [0.2, 0.25) is 0 Å². The van der Waals surface area contributed by atoms with Crippen LogP contribution in [0.5, 0.6) is 5.75 Å². The summed E-state index contributed by atoms with van der Waals surface area (Å²) in [6.45, 7) is 10.4. The van der Waals surface area contributed by atoms with E-state index < -0.39 is 0 Å². The number of nitrogens with one attached hydrogen (secondary N) is 1. The fourth-order valence-electron chi connectivity index (χ4n) is 1.34. The molecule has 17 heavy (non-hydrogen) atoms. The molecule has 1 aromatic rings. The third kappa shape index (κ3) is 6.08. The molecule has 0 heterocycles. The summed E-state index contributed by atoms with van der Waals surface area (Å²) in [7, 11) is 0. The van der Waals surface area contributed by atoms with Gasteiger partial charge < -0.3 is 10.1 Å². The molecule has 0 amide bonds. The Bertz CT molecular complexity index is 333. The van der Waals surface area contributed by atoms with Crippen LogP contribution in [-0.2, 0) is 0 Å². The molecule has 0 aliphatic heterocycles. The quantitative estimate of drug-likeness (QED) is 0.861. The number of hydrogen-bond acceptors (Lipinski definition) is 2. The standard InChI is InChI=1S/C14H22BrNO/c1-11(2)16-9-14(3,4)10-17-13-7-5-12(15)6-8-13/h5-8,11,16H,9-10H2,1-4H3. The summed E-state index contributed by atoms with van der Waals surface area (Å²) in [5.74, 6) is 0.922. The molecule has 1 rings (SSSR count). The van der Waals surface area contributed by atoms with E-state index in [0.29, 0.717) is 12.6 Å². The molecule has 0 atom stereocenters. The van der Waals surface area contributed by atoms with Gasteiger partial charge in [0.25, 0.3) is 0 Å². The Labute approximate surface area is 113 Å². The highest BCUT2D eigenvalue weighted by atomic mass is 79.9. The van der Waals surface area contributed by atoms with E-state index in [1.165, 1.54) is 0 Å². The van der Waals surface area contributed by atoms with Crippen molar-refractivity contribution in [3.8, 4) is 5.75 Å². The highest BCUT2D eigenvalue weighted by Gasteiger charge is 2.19. The molecule has 0 aliphatic rings. The van der Waals surface area contributed by atoms with Crippen LogP contribution in [-0.4, -0.2) is 19.2 Å². The molecule has 0 aliphatic carbocycles. The summed E-state index contributed by atoms with van der Waals surface area (Å²) in [4.78, 5) is 0. The predicted molar refractivity (Wildman–Crippen MR) is 76.6 cm³/mol. The van der Waals surface area contributed by atoms with Crippen molar-refractivity contribution in [3.63, 3.8) is 0 Å². The van der Waals surface area contributed by atoms with Crippen LogP contribution >= 0.6 is 15.9 Å². The first-order valence-electron chi connectivity index (χ1n) is 6.01. The second-order valence-corrected chi connectivity index (χ2v) is 6.36. The Hall–Kier alpha value is -0.540. The zero-order valence-electron chi connectivity index (χ0n) is 11.1. The second kappa shape index (κ2) is 6.41. The topological polar surface area (TPSA) is 21.3 Å². The molecule has 0 fully saturated rings. The fraction of sp³-hybridized carbons (Fsp3) is 0.571. The molecule has 2 nitrogen and oxygen atoms in total. The molecule has 0 unspecified atom stereocenters. The lowest BCUT2D eigenvalue weighted by molar-refractivity contribution is 0.173. The normalized spacial score (nSPS) is 11.9. The van der Waals surface area contributed by atoms with E-state index >= 15 is 0 Å². The van der Waals surface area contributed by atoms with Crippen molar-refractivity contribution in [2.24, 2.45) is 5.41 Å². The zero-order valence-corrected chi connectivity index (χ0v) is 12.7. The van der Waals surface area contributed by atoms with E-state index in [1.807, 2.05) is 24.3 Å². The maximum atomic E-state index is 5.80. The molecule has 3 heteroatoms. The van der Waals surface area contributed by atoms with Crippen LogP contribution in [0.25, 0.3) is 0 Å². The maximum absolute atomic E-state index is 5.80. The van der Waals surface area contributed by atoms with E-state index in [4.69, 9.17) is 4.74 Å². The lowest BCUT2D eigenvalue weighted by Gasteiger charge is -2.26. The highest BCUT2D eigenvalue weighted by molar-refractivity contribution is 9.10. The van der Waals surface area contributed by atoms with Gasteiger partial charge in [0.1, 0.15) is 5.75 Å². The number of rotatable bonds is 6. The average Bonchev–Trinajstić information content (AvgIpc) is 2.26. The van der Waals surface area contributed by atoms with Crippen LogP contribution < -0.4 is 10.1 Å². The first-order chi connectivity index (χ1) is 7.89. The summed E-state index contributed by atoms with van der Waals surface area (Å²) in [6, 6.07) is 8.47. The minimum absolute atomic E-state index is 0.136. The first-order valence-corrected chi connectivity index (χ1v) is 6.80. The van der Waals surface area contributed by atoms with Crippen molar-refractivity contribution in [3.05, 3.63) is 28.7 Å². The summed E-state index contributed by atoms with van der Waals surface area (Å²) in [5.41, 5.74) is 0.136. The number of benzene rings is 1. The Balaban J connectivity index is 2.40. The van der Waals surface area contributed by atoms with E-state index in [0.717, 1.165) is 16.8 Å². The van der Waals surface area contributed by atoms with Crippen LogP contribution in [0.4, 0.5) is 0 Å². The summed E-state index contributed by atoms with van der Waals surface area (Å²) in [6.07, 6.45) is 0. The van der Waals surface area contributed by atoms with Gasteiger partial charge in [-0.15, -0.1) is 0 Å². The molecule has 0 bridgehead atoms. The molecule has 0 saturated carbocycles. The van der Waals surface area contributed by atoms with Crippen LogP contribution in [0.15, 0.2) is 28.7 Å². The molecule has 1 N–H and O–H groups in total. The van der Waals surface area contributed by atoms with Crippen LogP contribution in [0.3, 0.4) is 0 Å². The highest BCUT2D eigenvalue weighted by Crippen LogP contribution is 2.20. The van der Waals surface area contributed by atoms with Crippen molar-refractivity contribution in [2.45, 2.75) is 33.7 Å². The summed E-state index contributed by atoms with van der Waals surface area (Å²) < 4.78 is 6.87. The molecule has 1 aromatic carbocycles. The van der Waals surface area contributed by atoms with E-state index in [-0.39, 0.29) is 5.41 Å². The second-order valence-electron chi connectivity index (χ2n) is 5.44. The zero-order chi connectivity index (χ0) is 12.9. The fourth-order valence-corrected chi connectivity index (χ4v) is 1.61. The average molecular weight is 300 g/mol. The number of halogens is 1. The third-order valence-electron chi connectivity index (χ3n) is 2.43. The van der Waals surface area contributed by atoms with Gasteiger partial charge in [-0.25, -0.2) is 0 Å². The van der Waals surface area contributed by atoms with Crippen molar-refractivity contribution < 1.29 is 4.74 Å². The van der Waals surface area contributed by atoms with Crippen molar-refractivity contribution >= 4 is 15.9 Å². The van der Waals surface area contributed by atoms with Gasteiger partial charge in [0.05, 0.1) is 6.61 Å². The summed E-state index contributed by atoms with van der Waals surface area (Å²) >= 11 is 3.41.